The molecule has 2 aromatic carbocycles. The molecule has 104 valence electrons. The standard InChI is InChI=1S/C14H14ClN3OS/c1-20-13-5-3-2-4-12(13)17-14(19)10-8-9(15)6-7-11(10)18-16/h2-8,18H,16H2,1H3,(H,17,19). The van der Waals surface area contributed by atoms with Crippen molar-refractivity contribution in [3.05, 3.63) is 53.1 Å². The van der Waals surface area contributed by atoms with E-state index in [1.807, 2.05) is 30.5 Å². The van der Waals surface area contributed by atoms with Gasteiger partial charge >= 0.3 is 0 Å². The Labute approximate surface area is 126 Å². The Morgan fingerprint density at radius 3 is 2.65 bits per heavy atom. The molecule has 0 heterocycles. The molecule has 0 unspecified atom stereocenters. The molecule has 6 heteroatoms. The zero-order chi connectivity index (χ0) is 14.5. The maximum Gasteiger partial charge on any atom is 0.257 e. The predicted molar refractivity (Wildman–Crippen MR) is 85.4 cm³/mol. The van der Waals surface area contributed by atoms with Crippen molar-refractivity contribution in [2.75, 3.05) is 17.0 Å². The van der Waals surface area contributed by atoms with Crippen molar-refractivity contribution >= 4 is 40.6 Å². The van der Waals surface area contributed by atoms with Gasteiger partial charge in [0.2, 0.25) is 0 Å². The van der Waals surface area contributed by atoms with Crippen molar-refractivity contribution in [2.45, 2.75) is 4.90 Å². The molecule has 0 spiro atoms. The molecule has 0 fully saturated rings. The van der Waals surface area contributed by atoms with E-state index in [2.05, 4.69) is 10.7 Å². The molecule has 0 radical (unpaired) electrons. The average Bonchev–Trinajstić information content (AvgIpc) is 2.47. The monoisotopic (exact) mass is 307 g/mol. The lowest BCUT2D eigenvalue weighted by molar-refractivity contribution is 0.102. The van der Waals surface area contributed by atoms with Gasteiger partial charge in [-0.15, -0.1) is 11.8 Å². The fourth-order valence-electron chi connectivity index (χ4n) is 1.77. The van der Waals surface area contributed by atoms with Gasteiger partial charge in [-0.1, -0.05) is 23.7 Å². The molecule has 0 saturated carbocycles. The summed E-state index contributed by atoms with van der Waals surface area (Å²) < 4.78 is 0. The van der Waals surface area contributed by atoms with Crippen LogP contribution in [0.3, 0.4) is 0 Å². The Morgan fingerprint density at radius 1 is 1.20 bits per heavy atom. The van der Waals surface area contributed by atoms with E-state index in [4.69, 9.17) is 17.4 Å². The Kier molecular flexibility index (Phi) is 4.89. The maximum absolute atomic E-state index is 12.3. The molecule has 0 bridgehead atoms. The first-order valence-electron chi connectivity index (χ1n) is 5.86. The molecule has 1 amide bonds. The topological polar surface area (TPSA) is 67.2 Å². The number of para-hydroxylation sites is 1. The van der Waals surface area contributed by atoms with Crippen LogP contribution >= 0.6 is 23.4 Å². The van der Waals surface area contributed by atoms with Crippen molar-refractivity contribution < 1.29 is 4.79 Å². The summed E-state index contributed by atoms with van der Waals surface area (Å²) in [5.41, 5.74) is 4.17. The van der Waals surface area contributed by atoms with Gasteiger partial charge in [0.15, 0.2) is 0 Å². The first-order chi connectivity index (χ1) is 9.65. The summed E-state index contributed by atoms with van der Waals surface area (Å²) in [6.45, 7) is 0. The number of hydrogen-bond donors (Lipinski definition) is 3. The molecule has 0 aromatic heterocycles. The summed E-state index contributed by atoms with van der Waals surface area (Å²) in [5.74, 6) is 5.15. The second-order valence-electron chi connectivity index (χ2n) is 3.99. The third-order valence-electron chi connectivity index (χ3n) is 2.74. The fourth-order valence-corrected chi connectivity index (χ4v) is 2.49. The molecule has 0 aliphatic rings. The van der Waals surface area contributed by atoms with Crippen molar-refractivity contribution in [3.8, 4) is 0 Å². The van der Waals surface area contributed by atoms with Gasteiger partial charge in [-0.25, -0.2) is 0 Å². The largest absolute Gasteiger partial charge is 0.323 e. The minimum Gasteiger partial charge on any atom is -0.323 e. The van der Waals surface area contributed by atoms with Crippen molar-refractivity contribution in [3.63, 3.8) is 0 Å². The van der Waals surface area contributed by atoms with E-state index in [0.717, 1.165) is 10.6 Å². The minimum absolute atomic E-state index is 0.262. The number of carbonyl (C=O) groups is 1. The van der Waals surface area contributed by atoms with Crippen LogP contribution in [0.4, 0.5) is 11.4 Å². The number of thioether (sulfide) groups is 1. The van der Waals surface area contributed by atoms with E-state index < -0.39 is 0 Å². The molecular formula is C14H14ClN3OS. The molecular weight excluding hydrogens is 294 g/mol. The number of benzene rings is 2. The lowest BCUT2D eigenvalue weighted by Crippen LogP contribution is -2.17. The average molecular weight is 308 g/mol. The van der Waals surface area contributed by atoms with Crippen LogP contribution < -0.4 is 16.6 Å². The number of hydrogen-bond acceptors (Lipinski definition) is 4. The van der Waals surface area contributed by atoms with Gasteiger partial charge in [-0.05, 0) is 36.6 Å². The molecule has 0 saturated heterocycles. The van der Waals surface area contributed by atoms with E-state index >= 15 is 0 Å². The SMILES string of the molecule is CSc1ccccc1NC(=O)c1cc(Cl)ccc1NN. The molecule has 4 nitrogen and oxygen atoms in total. The minimum atomic E-state index is -0.262. The normalized spacial score (nSPS) is 10.2. The Bertz CT molecular complexity index is 634. The van der Waals surface area contributed by atoms with Gasteiger partial charge in [0, 0.05) is 9.92 Å². The van der Waals surface area contributed by atoms with Gasteiger partial charge in [0.05, 0.1) is 16.9 Å². The molecule has 0 atom stereocenters. The summed E-state index contributed by atoms with van der Waals surface area (Å²) in [6, 6.07) is 12.5. The third kappa shape index (κ3) is 3.25. The lowest BCUT2D eigenvalue weighted by Gasteiger charge is -2.12. The summed E-state index contributed by atoms with van der Waals surface area (Å²) in [5, 5.41) is 3.34. The maximum atomic E-state index is 12.3. The van der Waals surface area contributed by atoms with Crippen LogP contribution in [-0.2, 0) is 0 Å². The van der Waals surface area contributed by atoms with Gasteiger partial charge in [-0.2, -0.15) is 0 Å². The fraction of sp³-hybridized carbons (Fsp3) is 0.0714. The Morgan fingerprint density at radius 2 is 1.95 bits per heavy atom. The van der Waals surface area contributed by atoms with Crippen LogP contribution in [0.25, 0.3) is 0 Å². The zero-order valence-electron chi connectivity index (χ0n) is 10.8. The lowest BCUT2D eigenvalue weighted by atomic mass is 10.1. The van der Waals surface area contributed by atoms with Gasteiger partial charge < -0.3 is 10.7 Å². The van der Waals surface area contributed by atoms with Gasteiger partial charge in [-0.3, -0.25) is 10.6 Å². The van der Waals surface area contributed by atoms with E-state index in [1.54, 1.807) is 30.0 Å². The first-order valence-corrected chi connectivity index (χ1v) is 7.46. The summed E-state index contributed by atoms with van der Waals surface area (Å²) in [6.07, 6.45) is 1.96. The number of hydrazine groups is 1. The van der Waals surface area contributed by atoms with Gasteiger partial charge in [0.1, 0.15) is 0 Å². The second-order valence-corrected chi connectivity index (χ2v) is 5.27. The van der Waals surface area contributed by atoms with E-state index in [9.17, 15) is 4.79 Å². The number of rotatable bonds is 4. The number of amides is 1. The van der Waals surface area contributed by atoms with Crippen LogP contribution in [0.2, 0.25) is 5.02 Å². The number of nitrogens with two attached hydrogens (primary N) is 1. The molecule has 0 aliphatic carbocycles. The zero-order valence-corrected chi connectivity index (χ0v) is 12.4. The Hall–Kier alpha value is -1.69. The number of carbonyl (C=O) groups excluding carboxylic acids is 1. The summed E-state index contributed by atoms with van der Waals surface area (Å²) in [4.78, 5) is 13.3. The van der Waals surface area contributed by atoms with Crippen LogP contribution in [0.1, 0.15) is 10.4 Å². The number of halogens is 1. The highest BCUT2D eigenvalue weighted by atomic mass is 35.5. The number of anilines is 2. The second kappa shape index (κ2) is 6.65. The highest BCUT2D eigenvalue weighted by Gasteiger charge is 2.13. The third-order valence-corrected chi connectivity index (χ3v) is 3.77. The van der Waals surface area contributed by atoms with E-state index in [1.165, 1.54) is 0 Å². The highest BCUT2D eigenvalue weighted by molar-refractivity contribution is 7.98. The molecule has 4 N–H and O–H groups in total. The summed E-state index contributed by atoms with van der Waals surface area (Å²) >= 11 is 7.49. The molecule has 2 rings (SSSR count). The molecule has 0 aliphatic heterocycles. The summed E-state index contributed by atoms with van der Waals surface area (Å²) in [7, 11) is 0. The van der Waals surface area contributed by atoms with Gasteiger partial charge in [0.25, 0.3) is 5.91 Å². The van der Waals surface area contributed by atoms with Crippen molar-refractivity contribution in [1.29, 1.82) is 0 Å². The van der Waals surface area contributed by atoms with Crippen molar-refractivity contribution in [2.24, 2.45) is 5.84 Å². The molecule has 20 heavy (non-hydrogen) atoms. The quantitative estimate of drug-likeness (QED) is 0.459. The smallest absolute Gasteiger partial charge is 0.257 e. The highest BCUT2D eigenvalue weighted by Crippen LogP contribution is 2.26. The number of nitrogens with one attached hydrogen (secondary N) is 2. The van der Waals surface area contributed by atoms with Crippen LogP contribution in [-0.4, -0.2) is 12.2 Å². The van der Waals surface area contributed by atoms with Crippen LogP contribution in [0.5, 0.6) is 0 Å². The van der Waals surface area contributed by atoms with E-state index in [0.29, 0.717) is 16.3 Å². The first kappa shape index (κ1) is 14.7. The van der Waals surface area contributed by atoms with Crippen LogP contribution in [0, 0.1) is 0 Å². The molecule has 2 aromatic rings. The van der Waals surface area contributed by atoms with E-state index in [-0.39, 0.29) is 5.91 Å². The van der Waals surface area contributed by atoms with Crippen LogP contribution in [0.15, 0.2) is 47.4 Å². The number of nitrogen functional groups attached to an aromatic ring is 1. The van der Waals surface area contributed by atoms with Crippen molar-refractivity contribution in [1.82, 2.24) is 0 Å². The predicted octanol–water partition coefficient (Wildman–Crippen LogP) is 3.60. The Balaban J connectivity index is 2.30.